The lowest BCUT2D eigenvalue weighted by Crippen LogP contribution is -2.55. The van der Waals surface area contributed by atoms with E-state index in [9.17, 15) is 14.7 Å². The lowest BCUT2D eigenvalue weighted by atomic mass is 9.74. The van der Waals surface area contributed by atoms with Crippen LogP contribution in [0.15, 0.2) is 40.7 Å². The zero-order chi connectivity index (χ0) is 24.5. The second-order valence-electron chi connectivity index (χ2n) is 8.23. The summed E-state index contributed by atoms with van der Waals surface area (Å²) in [5.74, 6) is -0.262. The number of carbonyl (C=O) groups is 2. The van der Waals surface area contributed by atoms with Crippen molar-refractivity contribution < 1.29 is 38.1 Å². The average Bonchev–Trinajstić information content (AvgIpc) is 3.44. The Morgan fingerprint density at radius 3 is 2.71 bits per heavy atom. The highest BCUT2D eigenvalue weighted by atomic mass is 35.5. The van der Waals surface area contributed by atoms with Crippen molar-refractivity contribution in [2.75, 3.05) is 27.4 Å². The van der Waals surface area contributed by atoms with E-state index in [1.807, 2.05) is 0 Å². The third kappa shape index (κ3) is 4.15. The van der Waals surface area contributed by atoms with E-state index in [1.165, 1.54) is 26.4 Å². The number of halogens is 1. The fourth-order valence-electron chi connectivity index (χ4n) is 4.25. The first kappa shape index (κ1) is 24.1. The van der Waals surface area contributed by atoms with Crippen molar-refractivity contribution in [1.82, 2.24) is 5.32 Å². The molecule has 2 heterocycles. The molecule has 0 saturated heterocycles. The summed E-state index contributed by atoms with van der Waals surface area (Å²) in [5.41, 5.74) is -1.01. The number of aliphatic hydroxyl groups is 1. The van der Waals surface area contributed by atoms with E-state index >= 15 is 0 Å². The molecule has 1 aromatic heterocycles. The Bertz CT molecular complexity index is 1110. The molecule has 2 aliphatic rings. The minimum atomic E-state index is -1.73. The first-order valence-corrected chi connectivity index (χ1v) is 11.1. The van der Waals surface area contributed by atoms with Gasteiger partial charge in [0.1, 0.15) is 34.5 Å². The lowest BCUT2D eigenvalue weighted by molar-refractivity contribution is -0.129. The fourth-order valence-corrected chi connectivity index (χ4v) is 4.52. The van der Waals surface area contributed by atoms with E-state index in [0.29, 0.717) is 17.9 Å². The smallest absolute Gasteiger partial charge is 0.236 e. The number of ketones is 2. The number of aliphatic hydroxyl groups excluding tert-OH is 1. The van der Waals surface area contributed by atoms with Crippen LogP contribution >= 0.6 is 11.6 Å². The van der Waals surface area contributed by atoms with Crippen LogP contribution in [0.3, 0.4) is 0 Å². The molecule has 3 atom stereocenters. The Kier molecular flexibility index (Phi) is 6.88. The first-order chi connectivity index (χ1) is 16.3. The third-order valence-electron chi connectivity index (χ3n) is 6.01. The second-order valence-corrected chi connectivity index (χ2v) is 8.61. The summed E-state index contributed by atoms with van der Waals surface area (Å²) >= 11 is 6.39. The minimum Gasteiger partial charge on any atom is -0.496 e. The fraction of sp³-hybridized carbons (Fsp3) is 0.417. The highest BCUT2D eigenvalue weighted by Gasteiger charge is 2.60. The Labute approximate surface area is 201 Å². The molecule has 0 amide bonds. The molecule has 1 aliphatic carbocycles. The molecule has 1 aliphatic heterocycles. The maximum atomic E-state index is 13.5. The van der Waals surface area contributed by atoms with E-state index in [1.54, 1.807) is 25.3 Å². The summed E-state index contributed by atoms with van der Waals surface area (Å²) in [7, 11) is 2.85. The molecule has 1 aromatic carbocycles. The van der Waals surface area contributed by atoms with Gasteiger partial charge in [0, 0.05) is 30.3 Å². The molecule has 1 spiro atoms. The largest absolute Gasteiger partial charge is 0.496 e. The summed E-state index contributed by atoms with van der Waals surface area (Å²) in [4.78, 5) is 26.7. The summed E-state index contributed by atoms with van der Waals surface area (Å²) < 4.78 is 27.2. The van der Waals surface area contributed by atoms with Gasteiger partial charge in [0.2, 0.25) is 17.2 Å². The van der Waals surface area contributed by atoms with Gasteiger partial charge < -0.3 is 33.8 Å². The van der Waals surface area contributed by atoms with Gasteiger partial charge in [-0.15, -0.1) is 0 Å². The number of fused-ring (bicyclic) bond motifs is 1. The van der Waals surface area contributed by atoms with Crippen LogP contribution in [-0.4, -0.2) is 55.7 Å². The number of allylic oxidation sites excluding steroid dienone is 1. The average molecular weight is 492 g/mol. The van der Waals surface area contributed by atoms with E-state index in [-0.39, 0.29) is 47.6 Å². The standard InChI is InChI=1S/C24H26ClNO8/c1-13-7-14(26-10-15(27)11-32-12-16-5-4-6-33-16)8-19(28)24(13)23(29)20-17(30-2)9-18(31-3)21(25)22(20)34-24/h4-6,8-9,13,15,26-27H,7,10-12H2,1-3H3/t13-,15?,24+/m1/s1. The molecule has 0 bridgehead atoms. The van der Waals surface area contributed by atoms with Gasteiger partial charge >= 0.3 is 0 Å². The number of rotatable bonds is 9. The number of hydrogen-bond acceptors (Lipinski definition) is 9. The maximum absolute atomic E-state index is 13.5. The number of methoxy groups -OCH3 is 2. The van der Waals surface area contributed by atoms with Crippen LogP contribution in [0.25, 0.3) is 0 Å². The second kappa shape index (κ2) is 9.69. The summed E-state index contributed by atoms with van der Waals surface area (Å²) in [5, 5.41) is 13.4. The number of Topliss-reactive ketones (excluding diaryl/α,β-unsaturated/α-hetero) is 1. The minimum absolute atomic E-state index is 0.0806. The summed E-state index contributed by atoms with van der Waals surface area (Å²) in [6, 6.07) is 5.04. The van der Waals surface area contributed by atoms with Crippen molar-refractivity contribution in [3.05, 3.63) is 52.6 Å². The predicted octanol–water partition coefficient (Wildman–Crippen LogP) is 2.92. The molecule has 0 fully saturated rings. The van der Waals surface area contributed by atoms with Gasteiger partial charge in [-0.2, -0.15) is 0 Å². The molecule has 10 heteroatoms. The van der Waals surface area contributed by atoms with Gasteiger partial charge in [0.15, 0.2) is 5.75 Å². The Balaban J connectivity index is 1.45. The van der Waals surface area contributed by atoms with Gasteiger partial charge in [-0.05, 0) is 18.6 Å². The SMILES string of the molecule is COc1cc(OC)c2c(c1Cl)O[C@@]1(C(=O)C=C(NCC(O)COCc3ccco3)C[C@H]1C)C2=O. The number of ether oxygens (including phenoxy) is 4. The molecule has 1 unspecified atom stereocenters. The number of nitrogens with one attached hydrogen (secondary N) is 1. The topological polar surface area (TPSA) is 116 Å². The third-order valence-corrected chi connectivity index (χ3v) is 6.37. The van der Waals surface area contributed by atoms with Crippen molar-refractivity contribution >= 4 is 23.2 Å². The highest BCUT2D eigenvalue weighted by molar-refractivity contribution is 6.36. The zero-order valence-corrected chi connectivity index (χ0v) is 19.8. The first-order valence-electron chi connectivity index (χ1n) is 10.8. The normalized spacial score (nSPS) is 22.3. The highest BCUT2D eigenvalue weighted by Crippen LogP contribution is 2.52. The molecule has 2 aromatic rings. The van der Waals surface area contributed by atoms with Crippen molar-refractivity contribution in [3.8, 4) is 17.2 Å². The molecule has 0 radical (unpaired) electrons. The van der Waals surface area contributed by atoms with Gasteiger partial charge in [-0.3, -0.25) is 9.59 Å². The zero-order valence-electron chi connectivity index (χ0n) is 19.1. The van der Waals surface area contributed by atoms with Crippen LogP contribution in [0.1, 0.15) is 29.5 Å². The predicted molar refractivity (Wildman–Crippen MR) is 121 cm³/mol. The number of hydrogen-bond donors (Lipinski definition) is 2. The molecular formula is C24H26ClNO8. The van der Waals surface area contributed by atoms with Gasteiger partial charge in [-0.25, -0.2) is 0 Å². The van der Waals surface area contributed by atoms with E-state index in [0.717, 1.165) is 0 Å². The quantitative estimate of drug-likeness (QED) is 0.510. The van der Waals surface area contributed by atoms with Gasteiger partial charge in [0.05, 0.1) is 33.2 Å². The summed E-state index contributed by atoms with van der Waals surface area (Å²) in [6.45, 7) is 2.27. The van der Waals surface area contributed by atoms with Gasteiger partial charge in [0.25, 0.3) is 0 Å². The Hall–Kier alpha value is -3.01. The molecule has 182 valence electrons. The van der Waals surface area contributed by atoms with Crippen molar-refractivity contribution in [2.24, 2.45) is 5.92 Å². The molecular weight excluding hydrogens is 466 g/mol. The monoisotopic (exact) mass is 491 g/mol. The van der Waals surface area contributed by atoms with Crippen LogP contribution in [0.4, 0.5) is 0 Å². The van der Waals surface area contributed by atoms with Crippen molar-refractivity contribution in [3.63, 3.8) is 0 Å². The Morgan fingerprint density at radius 2 is 2.06 bits per heavy atom. The van der Waals surface area contributed by atoms with Gasteiger partial charge in [-0.1, -0.05) is 18.5 Å². The number of furan rings is 1. The molecule has 9 nitrogen and oxygen atoms in total. The van der Waals surface area contributed by atoms with Crippen LogP contribution in [0.2, 0.25) is 5.02 Å². The Morgan fingerprint density at radius 1 is 1.29 bits per heavy atom. The number of benzene rings is 1. The van der Waals surface area contributed by atoms with E-state index in [2.05, 4.69) is 5.32 Å². The number of carbonyl (C=O) groups excluding carboxylic acids is 2. The maximum Gasteiger partial charge on any atom is 0.236 e. The lowest BCUT2D eigenvalue weighted by Gasteiger charge is -2.35. The van der Waals surface area contributed by atoms with Crippen LogP contribution < -0.4 is 19.5 Å². The van der Waals surface area contributed by atoms with Crippen LogP contribution in [-0.2, 0) is 16.1 Å². The van der Waals surface area contributed by atoms with Crippen molar-refractivity contribution in [2.45, 2.75) is 31.7 Å². The van der Waals surface area contributed by atoms with E-state index in [4.69, 9.17) is 35.0 Å². The van der Waals surface area contributed by atoms with Crippen molar-refractivity contribution in [1.29, 1.82) is 0 Å². The molecule has 4 rings (SSSR count). The van der Waals surface area contributed by atoms with E-state index < -0.39 is 29.2 Å². The molecule has 0 saturated carbocycles. The van der Waals surface area contributed by atoms with Crippen LogP contribution in [0.5, 0.6) is 17.2 Å². The van der Waals surface area contributed by atoms with Crippen LogP contribution in [0, 0.1) is 5.92 Å². The summed E-state index contributed by atoms with van der Waals surface area (Å²) in [6.07, 6.45) is 2.44. The molecule has 2 N–H and O–H groups in total. The molecule has 34 heavy (non-hydrogen) atoms.